The van der Waals surface area contributed by atoms with Crippen molar-refractivity contribution in [1.82, 2.24) is 9.97 Å². The Hall–Kier alpha value is -3.11. The highest BCUT2D eigenvalue weighted by Gasteiger charge is 2.28. The maximum absolute atomic E-state index is 14.0. The van der Waals surface area contributed by atoms with Crippen LogP contribution in [0.4, 0.5) is 14.7 Å². The van der Waals surface area contributed by atoms with Crippen molar-refractivity contribution in [2.45, 2.75) is 32.6 Å². The molecule has 2 aromatic carbocycles. The fourth-order valence-electron chi connectivity index (χ4n) is 2.97. The van der Waals surface area contributed by atoms with Gasteiger partial charge in [0.2, 0.25) is 5.95 Å². The number of H-pyrrole nitrogens is 1. The Kier molecular flexibility index (Phi) is 7.60. The average Bonchev–Trinajstić information content (AvgIpc) is 2.78. The summed E-state index contributed by atoms with van der Waals surface area (Å²) in [5.41, 5.74) is 0.254. The lowest BCUT2D eigenvalue weighted by Gasteiger charge is -2.26. The number of hydrogen-bond acceptors (Lipinski definition) is 6. The third-order valence-electron chi connectivity index (χ3n) is 4.87. The summed E-state index contributed by atoms with van der Waals surface area (Å²) in [6.45, 7) is 3.56. The number of nitrogens with zero attached hydrogens (tertiary/aromatic N) is 1. The van der Waals surface area contributed by atoms with Crippen LogP contribution in [0.25, 0.3) is 0 Å². The topological polar surface area (TPSA) is 93.3 Å². The quantitative estimate of drug-likeness (QED) is 0.418. The molecular formula is C23H22BrF2N3O4. The third-order valence-corrected chi connectivity index (χ3v) is 5.61. The predicted octanol–water partition coefficient (Wildman–Crippen LogP) is 4.66. The van der Waals surface area contributed by atoms with Crippen molar-refractivity contribution in [3.63, 3.8) is 0 Å². The van der Waals surface area contributed by atoms with Gasteiger partial charge in [-0.3, -0.25) is 9.78 Å². The van der Waals surface area contributed by atoms with E-state index >= 15 is 0 Å². The Labute approximate surface area is 197 Å². The van der Waals surface area contributed by atoms with Gasteiger partial charge in [0, 0.05) is 18.2 Å². The molecule has 0 saturated carbocycles. The molecule has 0 atom stereocenters. The smallest absolute Gasteiger partial charge is 0.337 e. The molecular weight excluding hydrogens is 500 g/mol. The minimum atomic E-state index is -1.08. The van der Waals surface area contributed by atoms with Crippen LogP contribution in [0.1, 0.15) is 41.0 Å². The molecule has 1 heterocycles. The van der Waals surface area contributed by atoms with Crippen molar-refractivity contribution in [3.05, 3.63) is 91.3 Å². The van der Waals surface area contributed by atoms with E-state index in [0.29, 0.717) is 17.8 Å². The summed E-state index contributed by atoms with van der Waals surface area (Å²) >= 11 is 3.24. The zero-order chi connectivity index (χ0) is 24.2. The Bertz CT molecular complexity index is 1210. The van der Waals surface area contributed by atoms with Crippen LogP contribution in [0.2, 0.25) is 0 Å². The maximum Gasteiger partial charge on any atom is 0.337 e. The lowest BCUT2D eigenvalue weighted by Crippen LogP contribution is -2.28. The SMILES string of the molecule is COC(=O)c1ccc(CNc2nc(C(C)(C)OCc3ccc(F)cc3F)c(Br)c(=O)[nH]2)cc1. The monoisotopic (exact) mass is 521 g/mol. The zero-order valence-electron chi connectivity index (χ0n) is 18.2. The Morgan fingerprint density at radius 2 is 1.88 bits per heavy atom. The normalized spacial score (nSPS) is 11.3. The van der Waals surface area contributed by atoms with Crippen molar-refractivity contribution < 1.29 is 23.0 Å². The van der Waals surface area contributed by atoms with Gasteiger partial charge in [-0.15, -0.1) is 0 Å². The Morgan fingerprint density at radius 1 is 1.18 bits per heavy atom. The summed E-state index contributed by atoms with van der Waals surface area (Å²) in [7, 11) is 1.31. The highest BCUT2D eigenvalue weighted by molar-refractivity contribution is 9.10. The van der Waals surface area contributed by atoms with Crippen molar-refractivity contribution in [2.24, 2.45) is 0 Å². The van der Waals surface area contributed by atoms with E-state index < -0.39 is 28.8 Å². The number of nitrogens with one attached hydrogen (secondary N) is 2. The first-order valence-corrected chi connectivity index (χ1v) is 10.7. The summed E-state index contributed by atoms with van der Waals surface area (Å²) in [5.74, 6) is -1.62. The molecule has 0 bridgehead atoms. The van der Waals surface area contributed by atoms with Crippen LogP contribution in [0.3, 0.4) is 0 Å². The van der Waals surface area contributed by atoms with Gasteiger partial charge in [0.25, 0.3) is 5.56 Å². The number of ether oxygens (including phenoxy) is 2. The van der Waals surface area contributed by atoms with Crippen molar-refractivity contribution >= 4 is 27.8 Å². The van der Waals surface area contributed by atoms with Gasteiger partial charge in [0.05, 0.1) is 25.0 Å². The van der Waals surface area contributed by atoms with E-state index in [2.05, 4.69) is 36.0 Å². The van der Waals surface area contributed by atoms with Crippen LogP contribution in [0, 0.1) is 11.6 Å². The molecule has 0 aliphatic carbocycles. The molecule has 0 aliphatic rings. The lowest BCUT2D eigenvalue weighted by atomic mass is 10.0. The number of halogens is 3. The van der Waals surface area contributed by atoms with E-state index in [1.54, 1.807) is 38.1 Å². The van der Waals surface area contributed by atoms with E-state index in [0.717, 1.165) is 17.7 Å². The van der Waals surface area contributed by atoms with Gasteiger partial charge in [-0.1, -0.05) is 18.2 Å². The molecule has 33 heavy (non-hydrogen) atoms. The number of aromatic amines is 1. The second-order valence-corrected chi connectivity index (χ2v) is 8.45. The van der Waals surface area contributed by atoms with E-state index in [1.807, 2.05) is 0 Å². The Morgan fingerprint density at radius 3 is 2.52 bits per heavy atom. The Balaban J connectivity index is 1.75. The number of carbonyl (C=O) groups excluding carboxylic acids is 1. The molecule has 0 saturated heterocycles. The molecule has 174 valence electrons. The number of methoxy groups -OCH3 is 1. The number of rotatable bonds is 8. The molecule has 0 amide bonds. The van der Waals surface area contributed by atoms with Gasteiger partial charge in [0.1, 0.15) is 21.7 Å². The van der Waals surface area contributed by atoms with Crippen LogP contribution in [-0.4, -0.2) is 23.0 Å². The first-order chi connectivity index (χ1) is 15.6. The van der Waals surface area contributed by atoms with Crippen molar-refractivity contribution in [1.29, 1.82) is 0 Å². The molecule has 0 aliphatic heterocycles. The largest absolute Gasteiger partial charge is 0.465 e. The summed E-state index contributed by atoms with van der Waals surface area (Å²) in [6.07, 6.45) is 0. The molecule has 3 aromatic rings. The molecule has 3 rings (SSSR count). The van der Waals surface area contributed by atoms with E-state index in [1.165, 1.54) is 13.2 Å². The molecule has 1 aromatic heterocycles. The van der Waals surface area contributed by atoms with E-state index in [-0.39, 0.29) is 22.6 Å². The van der Waals surface area contributed by atoms with Crippen LogP contribution >= 0.6 is 15.9 Å². The van der Waals surface area contributed by atoms with Crippen LogP contribution in [-0.2, 0) is 28.2 Å². The zero-order valence-corrected chi connectivity index (χ0v) is 19.8. The van der Waals surface area contributed by atoms with Crippen molar-refractivity contribution in [3.8, 4) is 0 Å². The summed E-state index contributed by atoms with van der Waals surface area (Å²) in [6, 6.07) is 10.0. The number of hydrogen-bond donors (Lipinski definition) is 2. The number of esters is 1. The van der Waals surface area contributed by atoms with Gasteiger partial charge < -0.3 is 14.8 Å². The third kappa shape index (κ3) is 6.02. The molecule has 7 nitrogen and oxygen atoms in total. The predicted molar refractivity (Wildman–Crippen MR) is 122 cm³/mol. The maximum atomic E-state index is 14.0. The summed E-state index contributed by atoms with van der Waals surface area (Å²) in [5, 5.41) is 3.03. The minimum Gasteiger partial charge on any atom is -0.465 e. The van der Waals surface area contributed by atoms with Crippen molar-refractivity contribution in [2.75, 3.05) is 12.4 Å². The number of anilines is 1. The molecule has 0 fully saturated rings. The fraction of sp³-hybridized carbons (Fsp3) is 0.261. The van der Waals surface area contributed by atoms with Gasteiger partial charge >= 0.3 is 5.97 Å². The van der Waals surface area contributed by atoms with Gasteiger partial charge in [-0.2, -0.15) is 0 Å². The number of carbonyl (C=O) groups is 1. The second kappa shape index (κ2) is 10.2. The van der Waals surface area contributed by atoms with E-state index in [9.17, 15) is 18.4 Å². The molecule has 2 N–H and O–H groups in total. The first-order valence-electron chi connectivity index (χ1n) is 9.90. The fourth-order valence-corrected chi connectivity index (χ4v) is 3.63. The molecule has 10 heteroatoms. The van der Waals surface area contributed by atoms with E-state index in [4.69, 9.17) is 4.74 Å². The summed E-state index contributed by atoms with van der Waals surface area (Å²) < 4.78 is 37.8. The summed E-state index contributed by atoms with van der Waals surface area (Å²) in [4.78, 5) is 31.1. The standard InChI is InChI=1S/C23H22BrF2N3O4/c1-23(2,33-12-15-8-9-16(25)10-17(15)26)19-18(24)20(30)29-22(28-19)27-11-13-4-6-14(7-5-13)21(31)32-3/h4-10H,11-12H2,1-3H3,(H2,27,28,29,30). The van der Waals surface area contributed by atoms with Gasteiger partial charge in [-0.25, -0.2) is 18.6 Å². The van der Waals surface area contributed by atoms with Crippen LogP contribution in [0.5, 0.6) is 0 Å². The minimum absolute atomic E-state index is 0.144. The lowest BCUT2D eigenvalue weighted by molar-refractivity contribution is -0.0384. The highest BCUT2D eigenvalue weighted by atomic mass is 79.9. The van der Waals surface area contributed by atoms with Crippen LogP contribution in [0.15, 0.2) is 51.7 Å². The molecule has 0 unspecified atom stereocenters. The number of aromatic nitrogens is 2. The van der Waals surface area contributed by atoms with Gasteiger partial charge in [0.15, 0.2) is 0 Å². The molecule has 0 radical (unpaired) electrons. The van der Waals surface area contributed by atoms with Crippen LogP contribution < -0.4 is 10.9 Å². The average molecular weight is 522 g/mol. The number of benzene rings is 2. The highest BCUT2D eigenvalue weighted by Crippen LogP contribution is 2.29. The second-order valence-electron chi connectivity index (χ2n) is 7.65. The first kappa shape index (κ1) is 24.5. The molecule has 0 spiro atoms. The van der Waals surface area contributed by atoms with Gasteiger partial charge in [-0.05, 0) is 53.5 Å².